The monoisotopic (exact) mass is 359 g/mol. The van der Waals surface area contributed by atoms with E-state index in [0.717, 1.165) is 28.2 Å². The fourth-order valence-corrected chi connectivity index (χ4v) is 2.73. The quantitative estimate of drug-likeness (QED) is 0.507. The molecule has 4 heteroatoms. The third-order valence-corrected chi connectivity index (χ3v) is 4.13. The van der Waals surface area contributed by atoms with Gasteiger partial charge >= 0.3 is 0 Å². The molecule has 0 saturated heterocycles. The maximum absolute atomic E-state index is 9.43. The molecular weight excluding hydrogens is 338 g/mol. The topological polar surface area (TPSA) is 51.5 Å². The Morgan fingerprint density at radius 3 is 2.07 bits per heavy atom. The number of nitrogens with zero attached hydrogens (tertiary/aromatic N) is 1. The summed E-state index contributed by atoms with van der Waals surface area (Å²) in [6.45, 7) is 3.97. The Labute approximate surface area is 159 Å². The number of benzene rings is 3. The normalized spacial score (nSPS) is 11.4. The van der Waals surface area contributed by atoms with E-state index in [1.165, 1.54) is 0 Å². The molecule has 0 aromatic heterocycles. The molecule has 0 heterocycles. The number of rotatable bonds is 7. The van der Waals surface area contributed by atoms with Crippen LogP contribution >= 0.6 is 0 Å². The van der Waals surface area contributed by atoms with E-state index < -0.39 is 6.10 Å². The molecule has 0 saturated carbocycles. The second kappa shape index (κ2) is 8.88. The van der Waals surface area contributed by atoms with E-state index in [1.807, 2.05) is 86.6 Å². The first-order chi connectivity index (χ1) is 13.2. The highest BCUT2D eigenvalue weighted by atomic mass is 16.7. The second-order valence-electron chi connectivity index (χ2n) is 6.14. The summed E-state index contributed by atoms with van der Waals surface area (Å²) in [7, 11) is 0. The van der Waals surface area contributed by atoms with Crippen LogP contribution in [0.2, 0.25) is 0 Å². The molecule has 0 N–H and O–H groups in total. The Kier molecular flexibility index (Phi) is 6.09. The van der Waals surface area contributed by atoms with Crippen molar-refractivity contribution in [3.63, 3.8) is 0 Å². The summed E-state index contributed by atoms with van der Waals surface area (Å²) in [5.74, 6) is 2.26. The molecule has 27 heavy (non-hydrogen) atoms. The zero-order valence-corrected chi connectivity index (χ0v) is 15.4. The van der Waals surface area contributed by atoms with Crippen LogP contribution < -0.4 is 9.47 Å². The van der Waals surface area contributed by atoms with Crippen LogP contribution in [0.5, 0.6) is 17.2 Å². The molecule has 3 rings (SSSR count). The molecule has 0 bridgehead atoms. The van der Waals surface area contributed by atoms with Gasteiger partial charge in [0.1, 0.15) is 17.2 Å². The van der Waals surface area contributed by atoms with Crippen LogP contribution in [0.25, 0.3) is 0 Å². The van der Waals surface area contributed by atoms with E-state index in [0.29, 0.717) is 5.75 Å². The molecule has 0 spiro atoms. The summed E-state index contributed by atoms with van der Waals surface area (Å²) in [4.78, 5) is 0. The van der Waals surface area contributed by atoms with E-state index in [1.54, 1.807) is 0 Å². The third kappa shape index (κ3) is 4.87. The largest absolute Gasteiger partial charge is 0.467 e. The summed E-state index contributed by atoms with van der Waals surface area (Å²) in [5, 5.41) is 9.43. The van der Waals surface area contributed by atoms with Gasteiger partial charge in [-0.3, -0.25) is 0 Å². The lowest BCUT2D eigenvalue weighted by atomic mass is 10.1. The van der Waals surface area contributed by atoms with Crippen LogP contribution in [0.3, 0.4) is 0 Å². The lowest BCUT2D eigenvalue weighted by molar-refractivity contribution is -0.0145. The number of para-hydroxylation sites is 2. The zero-order chi connectivity index (χ0) is 19.1. The van der Waals surface area contributed by atoms with Crippen molar-refractivity contribution in [2.45, 2.75) is 20.0 Å². The lowest BCUT2D eigenvalue weighted by Crippen LogP contribution is -2.09. The smallest absolute Gasteiger partial charge is 0.191 e. The molecule has 0 fully saturated rings. The van der Waals surface area contributed by atoms with Gasteiger partial charge in [0.25, 0.3) is 0 Å². The van der Waals surface area contributed by atoms with E-state index >= 15 is 0 Å². The predicted molar refractivity (Wildman–Crippen MR) is 104 cm³/mol. The average Bonchev–Trinajstić information content (AvgIpc) is 2.69. The van der Waals surface area contributed by atoms with Gasteiger partial charge in [0.15, 0.2) is 12.9 Å². The van der Waals surface area contributed by atoms with Gasteiger partial charge in [0.2, 0.25) is 0 Å². The number of hydrogen-bond acceptors (Lipinski definition) is 4. The van der Waals surface area contributed by atoms with Crippen LogP contribution in [-0.2, 0) is 4.74 Å². The van der Waals surface area contributed by atoms with Crippen molar-refractivity contribution in [2.75, 3.05) is 6.79 Å². The van der Waals surface area contributed by atoms with E-state index in [-0.39, 0.29) is 6.79 Å². The molecule has 1 atom stereocenters. The zero-order valence-electron chi connectivity index (χ0n) is 15.4. The molecule has 3 aromatic carbocycles. The van der Waals surface area contributed by atoms with Gasteiger partial charge in [-0.15, -0.1) is 0 Å². The van der Waals surface area contributed by atoms with Crippen LogP contribution in [-0.4, -0.2) is 6.79 Å². The van der Waals surface area contributed by atoms with Gasteiger partial charge in [-0.2, -0.15) is 5.26 Å². The van der Waals surface area contributed by atoms with Gasteiger partial charge in [-0.05, 0) is 54.8 Å². The number of ether oxygens (including phenoxy) is 3. The first kappa shape index (κ1) is 18.5. The standard InChI is InChI=1S/C23H21NO3/c1-17-7-6-8-18(2)23(17)26-16-25-22(15-24)19-11-13-21(14-12-19)27-20-9-4-3-5-10-20/h3-14,22H,16H2,1-2H3. The molecule has 0 aliphatic heterocycles. The molecule has 0 amide bonds. The van der Waals surface area contributed by atoms with Gasteiger partial charge in [-0.1, -0.05) is 48.5 Å². The third-order valence-electron chi connectivity index (χ3n) is 4.13. The Morgan fingerprint density at radius 1 is 0.815 bits per heavy atom. The molecule has 0 aliphatic carbocycles. The summed E-state index contributed by atoms with van der Waals surface area (Å²) in [6.07, 6.45) is -0.708. The first-order valence-electron chi connectivity index (χ1n) is 8.70. The Balaban J connectivity index is 1.60. The lowest BCUT2D eigenvalue weighted by Gasteiger charge is -2.15. The van der Waals surface area contributed by atoms with Crippen molar-refractivity contribution < 1.29 is 14.2 Å². The van der Waals surface area contributed by atoms with E-state index in [4.69, 9.17) is 14.2 Å². The average molecular weight is 359 g/mol. The van der Waals surface area contributed by atoms with Crippen molar-refractivity contribution in [3.8, 4) is 23.3 Å². The van der Waals surface area contributed by atoms with Crippen molar-refractivity contribution in [1.82, 2.24) is 0 Å². The minimum atomic E-state index is -0.708. The van der Waals surface area contributed by atoms with E-state index in [9.17, 15) is 5.26 Å². The highest BCUT2D eigenvalue weighted by Gasteiger charge is 2.12. The van der Waals surface area contributed by atoms with Crippen molar-refractivity contribution in [3.05, 3.63) is 89.5 Å². The summed E-state index contributed by atoms with van der Waals surface area (Å²) in [5.41, 5.74) is 2.83. The fourth-order valence-electron chi connectivity index (χ4n) is 2.73. The van der Waals surface area contributed by atoms with Gasteiger partial charge in [0.05, 0.1) is 6.07 Å². The summed E-state index contributed by atoms with van der Waals surface area (Å²) < 4.78 is 17.1. The van der Waals surface area contributed by atoms with Gasteiger partial charge in [-0.25, -0.2) is 0 Å². The van der Waals surface area contributed by atoms with Crippen LogP contribution in [0.4, 0.5) is 0 Å². The van der Waals surface area contributed by atoms with Crippen LogP contribution in [0.15, 0.2) is 72.8 Å². The Hall–Kier alpha value is -3.29. The summed E-state index contributed by atoms with van der Waals surface area (Å²) in [6, 6.07) is 24.9. The molecular formula is C23H21NO3. The Morgan fingerprint density at radius 2 is 1.44 bits per heavy atom. The molecule has 1 unspecified atom stereocenters. The number of aryl methyl sites for hydroxylation is 2. The summed E-state index contributed by atoms with van der Waals surface area (Å²) >= 11 is 0. The maximum atomic E-state index is 9.43. The predicted octanol–water partition coefficient (Wildman–Crippen LogP) is 5.71. The van der Waals surface area contributed by atoms with Crippen molar-refractivity contribution in [2.24, 2.45) is 0 Å². The SMILES string of the molecule is Cc1cccc(C)c1OCOC(C#N)c1ccc(Oc2ccccc2)cc1. The van der Waals surface area contributed by atoms with Crippen molar-refractivity contribution >= 4 is 0 Å². The van der Waals surface area contributed by atoms with Gasteiger partial charge < -0.3 is 14.2 Å². The maximum Gasteiger partial charge on any atom is 0.191 e. The molecule has 3 aromatic rings. The van der Waals surface area contributed by atoms with Crippen LogP contribution in [0, 0.1) is 25.2 Å². The first-order valence-corrected chi connectivity index (χ1v) is 8.70. The minimum Gasteiger partial charge on any atom is -0.467 e. The molecule has 136 valence electrons. The van der Waals surface area contributed by atoms with Crippen LogP contribution in [0.1, 0.15) is 22.8 Å². The molecule has 4 nitrogen and oxygen atoms in total. The molecule has 0 aliphatic rings. The number of hydrogen-bond donors (Lipinski definition) is 0. The van der Waals surface area contributed by atoms with E-state index in [2.05, 4.69) is 6.07 Å². The van der Waals surface area contributed by atoms with Crippen molar-refractivity contribution in [1.29, 1.82) is 5.26 Å². The molecule has 0 radical (unpaired) electrons. The second-order valence-corrected chi connectivity index (χ2v) is 6.14. The minimum absolute atomic E-state index is 0.00614. The highest BCUT2D eigenvalue weighted by molar-refractivity contribution is 5.39. The Bertz CT molecular complexity index is 894. The highest BCUT2D eigenvalue weighted by Crippen LogP contribution is 2.26. The fraction of sp³-hybridized carbons (Fsp3) is 0.174. The number of nitriles is 1. The van der Waals surface area contributed by atoms with Gasteiger partial charge in [0, 0.05) is 0 Å².